The van der Waals surface area contributed by atoms with Crippen LogP contribution in [0.3, 0.4) is 0 Å². The Morgan fingerprint density at radius 2 is 1.74 bits per heavy atom. The predicted octanol–water partition coefficient (Wildman–Crippen LogP) is 4.59. The van der Waals surface area contributed by atoms with E-state index in [-0.39, 0.29) is 5.75 Å². The number of aromatic hydroxyl groups is 1. The predicted molar refractivity (Wildman–Crippen MR) is 95.3 cm³/mol. The number of anilines is 1. The van der Waals surface area contributed by atoms with Gasteiger partial charge in [-0.15, -0.1) is 0 Å². The van der Waals surface area contributed by atoms with Crippen molar-refractivity contribution in [2.75, 3.05) is 11.9 Å². The highest BCUT2D eigenvalue weighted by Crippen LogP contribution is 2.29. The van der Waals surface area contributed by atoms with Crippen LogP contribution in [0.15, 0.2) is 18.2 Å². The van der Waals surface area contributed by atoms with Crippen LogP contribution in [0, 0.1) is 0 Å². The quantitative estimate of drug-likeness (QED) is 0.585. The van der Waals surface area contributed by atoms with Crippen molar-refractivity contribution in [1.82, 2.24) is 0 Å². The standard InChI is InChI=1S/C19H31NO3/c1-4-5-6-7-8-9-10-11-16-12-13-18(21)17(14-16)20(3)15(2)19(22)23/h12-15,21H,4-11H2,1-3H3,(H,22,23)/t15-/m0/s1. The Balaban J connectivity index is 2.52. The number of carboxylic acids is 1. The lowest BCUT2D eigenvalue weighted by atomic mass is 10.0. The maximum absolute atomic E-state index is 11.1. The first-order valence-electron chi connectivity index (χ1n) is 8.75. The molecule has 2 N–H and O–H groups in total. The summed E-state index contributed by atoms with van der Waals surface area (Å²) in [5, 5.41) is 19.1. The summed E-state index contributed by atoms with van der Waals surface area (Å²) in [4.78, 5) is 12.7. The summed E-state index contributed by atoms with van der Waals surface area (Å²) in [5.74, 6) is -0.770. The lowest BCUT2D eigenvalue weighted by Gasteiger charge is -2.25. The highest BCUT2D eigenvalue weighted by atomic mass is 16.4. The first-order valence-corrected chi connectivity index (χ1v) is 8.75. The Labute approximate surface area is 140 Å². The fraction of sp³-hybridized carbons (Fsp3) is 0.632. The van der Waals surface area contributed by atoms with Gasteiger partial charge in [0.1, 0.15) is 11.8 Å². The van der Waals surface area contributed by atoms with Crippen LogP contribution in [0.2, 0.25) is 0 Å². The van der Waals surface area contributed by atoms with Gasteiger partial charge in [-0.3, -0.25) is 0 Å². The number of phenolic OH excluding ortho intramolecular Hbond substituents is 1. The van der Waals surface area contributed by atoms with Gasteiger partial charge in [0.05, 0.1) is 5.69 Å². The van der Waals surface area contributed by atoms with Crippen LogP contribution >= 0.6 is 0 Å². The monoisotopic (exact) mass is 321 g/mol. The van der Waals surface area contributed by atoms with Gasteiger partial charge in [0, 0.05) is 7.05 Å². The molecule has 0 aliphatic heterocycles. The molecule has 1 aromatic rings. The van der Waals surface area contributed by atoms with Crippen LogP contribution in [-0.2, 0) is 11.2 Å². The number of carboxylic acid groups (broad SMARTS) is 1. The van der Waals surface area contributed by atoms with Crippen LogP contribution in [-0.4, -0.2) is 29.3 Å². The molecule has 130 valence electrons. The number of phenols is 1. The Bertz CT molecular complexity index is 488. The fourth-order valence-corrected chi connectivity index (χ4v) is 2.67. The van der Waals surface area contributed by atoms with Gasteiger partial charge in [-0.2, -0.15) is 0 Å². The van der Waals surface area contributed by atoms with Crippen molar-refractivity contribution in [3.05, 3.63) is 23.8 Å². The molecule has 0 heterocycles. The molecule has 0 fully saturated rings. The van der Waals surface area contributed by atoms with Crippen molar-refractivity contribution in [2.24, 2.45) is 0 Å². The number of nitrogens with zero attached hydrogens (tertiary/aromatic N) is 1. The number of unbranched alkanes of at least 4 members (excludes halogenated alkanes) is 6. The van der Waals surface area contributed by atoms with E-state index in [9.17, 15) is 9.90 Å². The van der Waals surface area contributed by atoms with E-state index >= 15 is 0 Å². The van der Waals surface area contributed by atoms with E-state index in [4.69, 9.17) is 5.11 Å². The molecule has 0 saturated heterocycles. The number of benzene rings is 1. The van der Waals surface area contributed by atoms with Crippen molar-refractivity contribution in [2.45, 2.75) is 71.3 Å². The van der Waals surface area contributed by atoms with Crippen molar-refractivity contribution < 1.29 is 15.0 Å². The largest absolute Gasteiger partial charge is 0.506 e. The minimum absolute atomic E-state index is 0.129. The topological polar surface area (TPSA) is 60.8 Å². The summed E-state index contributed by atoms with van der Waals surface area (Å²) in [7, 11) is 1.70. The third kappa shape index (κ3) is 6.51. The molecule has 1 rings (SSSR count). The van der Waals surface area contributed by atoms with Crippen LogP contribution in [0.4, 0.5) is 5.69 Å². The molecule has 0 spiro atoms. The molecule has 0 amide bonds. The molecule has 0 unspecified atom stereocenters. The van der Waals surface area contributed by atoms with E-state index in [1.807, 2.05) is 12.1 Å². The second-order valence-corrected chi connectivity index (χ2v) is 6.32. The maximum Gasteiger partial charge on any atom is 0.326 e. The lowest BCUT2D eigenvalue weighted by Crippen LogP contribution is -2.35. The summed E-state index contributed by atoms with van der Waals surface area (Å²) in [5.41, 5.74) is 1.73. The van der Waals surface area contributed by atoms with Crippen molar-refractivity contribution >= 4 is 11.7 Å². The van der Waals surface area contributed by atoms with Gasteiger partial charge in [-0.05, 0) is 37.5 Å². The molecule has 1 aromatic carbocycles. The minimum Gasteiger partial charge on any atom is -0.506 e. The normalized spacial score (nSPS) is 12.1. The van der Waals surface area contributed by atoms with Crippen LogP contribution in [0.1, 0.15) is 64.4 Å². The molecule has 4 nitrogen and oxygen atoms in total. The highest BCUT2D eigenvalue weighted by Gasteiger charge is 2.19. The van der Waals surface area contributed by atoms with E-state index in [0.29, 0.717) is 5.69 Å². The molecular formula is C19H31NO3. The van der Waals surface area contributed by atoms with Crippen molar-refractivity contribution in [3.8, 4) is 5.75 Å². The molecule has 0 aromatic heterocycles. The summed E-state index contributed by atoms with van der Waals surface area (Å²) >= 11 is 0. The number of aliphatic carboxylic acids is 1. The molecule has 0 saturated carbocycles. The average molecular weight is 321 g/mol. The number of aryl methyl sites for hydroxylation is 1. The smallest absolute Gasteiger partial charge is 0.326 e. The second kappa shape index (κ2) is 10.1. The molecule has 1 atom stereocenters. The van der Waals surface area contributed by atoms with Gasteiger partial charge in [0.2, 0.25) is 0 Å². The molecule has 23 heavy (non-hydrogen) atoms. The van der Waals surface area contributed by atoms with Crippen LogP contribution in [0.5, 0.6) is 5.75 Å². The molecule has 0 bridgehead atoms. The first kappa shape index (κ1) is 19.3. The summed E-state index contributed by atoms with van der Waals surface area (Å²) in [6, 6.07) is 4.83. The third-order valence-electron chi connectivity index (χ3n) is 4.43. The van der Waals surface area contributed by atoms with E-state index in [2.05, 4.69) is 6.92 Å². The number of carbonyl (C=O) groups is 1. The number of rotatable bonds is 11. The van der Waals surface area contributed by atoms with Crippen molar-refractivity contribution in [3.63, 3.8) is 0 Å². The Morgan fingerprint density at radius 1 is 1.13 bits per heavy atom. The van der Waals surface area contributed by atoms with E-state index in [0.717, 1.165) is 18.4 Å². The minimum atomic E-state index is -0.899. The Morgan fingerprint density at radius 3 is 2.35 bits per heavy atom. The molecule has 0 aliphatic rings. The fourth-order valence-electron chi connectivity index (χ4n) is 2.67. The molecule has 4 heteroatoms. The Hall–Kier alpha value is -1.71. The van der Waals surface area contributed by atoms with Gasteiger partial charge in [-0.25, -0.2) is 4.79 Å². The van der Waals surface area contributed by atoms with Gasteiger partial charge >= 0.3 is 5.97 Å². The zero-order valence-electron chi connectivity index (χ0n) is 14.7. The highest BCUT2D eigenvalue weighted by molar-refractivity contribution is 5.78. The van der Waals surface area contributed by atoms with Crippen molar-refractivity contribution in [1.29, 1.82) is 0 Å². The van der Waals surface area contributed by atoms with E-state index in [1.165, 1.54) is 38.5 Å². The van der Waals surface area contributed by atoms with Crippen LogP contribution < -0.4 is 4.90 Å². The number of hydrogen-bond donors (Lipinski definition) is 2. The molecule has 0 radical (unpaired) electrons. The summed E-state index contributed by atoms with van der Waals surface area (Å²) in [6.45, 7) is 3.84. The SMILES string of the molecule is CCCCCCCCCc1ccc(O)c(N(C)[C@@H](C)C(=O)O)c1. The number of likely N-dealkylation sites (N-methyl/N-ethyl adjacent to an activating group) is 1. The van der Waals surface area contributed by atoms with E-state index in [1.54, 1.807) is 24.9 Å². The second-order valence-electron chi connectivity index (χ2n) is 6.32. The number of hydrogen-bond acceptors (Lipinski definition) is 3. The van der Waals surface area contributed by atoms with Gasteiger partial charge in [0.25, 0.3) is 0 Å². The van der Waals surface area contributed by atoms with Crippen LogP contribution in [0.25, 0.3) is 0 Å². The Kier molecular flexibility index (Phi) is 8.52. The summed E-state index contributed by atoms with van der Waals surface area (Å²) < 4.78 is 0. The molecular weight excluding hydrogens is 290 g/mol. The van der Waals surface area contributed by atoms with E-state index < -0.39 is 12.0 Å². The molecule has 0 aliphatic carbocycles. The zero-order valence-corrected chi connectivity index (χ0v) is 14.7. The summed E-state index contributed by atoms with van der Waals surface area (Å²) in [6.07, 6.45) is 9.85. The third-order valence-corrected chi connectivity index (χ3v) is 4.43. The zero-order chi connectivity index (χ0) is 17.2. The van der Waals surface area contributed by atoms with Gasteiger partial charge in [0.15, 0.2) is 0 Å². The maximum atomic E-state index is 11.1. The van der Waals surface area contributed by atoms with Gasteiger partial charge in [-0.1, -0.05) is 51.5 Å². The lowest BCUT2D eigenvalue weighted by molar-refractivity contribution is -0.138. The average Bonchev–Trinajstić information content (AvgIpc) is 2.54. The van der Waals surface area contributed by atoms with Gasteiger partial charge < -0.3 is 15.1 Å². The first-order chi connectivity index (χ1) is 11.0.